The van der Waals surface area contributed by atoms with Gasteiger partial charge in [-0.2, -0.15) is 0 Å². The number of hydrogen-bond donors (Lipinski definition) is 5. The Balaban J connectivity index is 2.18. The predicted octanol–water partition coefficient (Wildman–Crippen LogP) is 0.130. The molecule has 19 heavy (non-hydrogen) atoms. The molecule has 0 aliphatic carbocycles. The minimum Gasteiger partial charge on any atom is -0.504 e. The fourth-order valence-electron chi connectivity index (χ4n) is 2.37. The molecule has 0 aromatic heterocycles. The molecule has 1 fully saturated rings. The van der Waals surface area contributed by atoms with Gasteiger partial charge in [-0.15, -0.1) is 0 Å². The molecule has 1 aromatic rings. The molecule has 1 heterocycles. The number of rotatable bonds is 3. The SMILES string of the molecule is CC(C(O)c1ccc(O)c(O)c1O)N1CCNCC1. The highest BCUT2D eigenvalue weighted by Crippen LogP contribution is 2.40. The molecular formula is C13H20N2O4. The van der Waals surface area contributed by atoms with Crippen LogP contribution in [0.3, 0.4) is 0 Å². The van der Waals surface area contributed by atoms with E-state index in [9.17, 15) is 20.4 Å². The normalized spacial score (nSPS) is 20.1. The molecule has 0 spiro atoms. The van der Waals surface area contributed by atoms with E-state index >= 15 is 0 Å². The van der Waals surface area contributed by atoms with Crippen LogP contribution in [0.2, 0.25) is 0 Å². The second kappa shape index (κ2) is 5.64. The number of phenols is 3. The average Bonchev–Trinajstić information content (AvgIpc) is 2.44. The first-order chi connectivity index (χ1) is 9.02. The third-order valence-corrected chi connectivity index (χ3v) is 3.66. The van der Waals surface area contributed by atoms with Gasteiger partial charge in [0.05, 0.1) is 6.10 Å². The molecule has 1 aliphatic rings. The smallest absolute Gasteiger partial charge is 0.200 e. The molecule has 106 valence electrons. The molecule has 0 saturated carbocycles. The van der Waals surface area contributed by atoms with E-state index in [1.165, 1.54) is 12.1 Å². The molecule has 0 radical (unpaired) electrons. The number of aromatic hydroxyl groups is 3. The Labute approximate surface area is 111 Å². The van der Waals surface area contributed by atoms with Crippen molar-refractivity contribution >= 4 is 0 Å². The lowest BCUT2D eigenvalue weighted by molar-refractivity contribution is 0.0492. The summed E-state index contributed by atoms with van der Waals surface area (Å²) in [6.07, 6.45) is -0.926. The minimum absolute atomic E-state index is 0.183. The summed E-state index contributed by atoms with van der Waals surface area (Å²) in [7, 11) is 0. The number of aliphatic hydroxyl groups is 1. The highest BCUT2D eigenvalue weighted by molar-refractivity contribution is 5.54. The van der Waals surface area contributed by atoms with Crippen LogP contribution in [-0.2, 0) is 0 Å². The van der Waals surface area contributed by atoms with Crippen molar-refractivity contribution < 1.29 is 20.4 Å². The number of phenolic OH excluding ortho intramolecular Hbond substituents is 3. The van der Waals surface area contributed by atoms with Crippen LogP contribution >= 0.6 is 0 Å². The summed E-state index contributed by atoms with van der Waals surface area (Å²) in [5.41, 5.74) is 0.223. The third kappa shape index (κ3) is 2.75. The van der Waals surface area contributed by atoms with Crippen LogP contribution in [0.15, 0.2) is 12.1 Å². The maximum Gasteiger partial charge on any atom is 0.200 e. The van der Waals surface area contributed by atoms with E-state index in [1.807, 2.05) is 6.92 Å². The number of aliphatic hydroxyl groups excluding tert-OH is 1. The van der Waals surface area contributed by atoms with Crippen molar-refractivity contribution in [1.82, 2.24) is 10.2 Å². The van der Waals surface area contributed by atoms with Crippen LogP contribution in [0.25, 0.3) is 0 Å². The Kier molecular flexibility index (Phi) is 4.14. The summed E-state index contributed by atoms with van der Waals surface area (Å²) < 4.78 is 0. The lowest BCUT2D eigenvalue weighted by Gasteiger charge is -2.35. The maximum atomic E-state index is 10.3. The van der Waals surface area contributed by atoms with Gasteiger partial charge in [-0.1, -0.05) is 0 Å². The summed E-state index contributed by atoms with van der Waals surface area (Å²) >= 11 is 0. The topological polar surface area (TPSA) is 96.2 Å². The molecular weight excluding hydrogens is 248 g/mol. The molecule has 1 aromatic carbocycles. The molecule has 5 N–H and O–H groups in total. The molecule has 6 heteroatoms. The molecule has 2 rings (SSSR count). The first kappa shape index (κ1) is 13.9. The Morgan fingerprint density at radius 2 is 1.74 bits per heavy atom. The van der Waals surface area contributed by atoms with Crippen molar-refractivity contribution in [3.63, 3.8) is 0 Å². The van der Waals surface area contributed by atoms with Gasteiger partial charge >= 0.3 is 0 Å². The molecule has 6 nitrogen and oxygen atoms in total. The van der Waals surface area contributed by atoms with Gasteiger partial charge in [0.1, 0.15) is 0 Å². The van der Waals surface area contributed by atoms with E-state index in [2.05, 4.69) is 10.2 Å². The first-order valence-electron chi connectivity index (χ1n) is 6.39. The van der Waals surface area contributed by atoms with Crippen LogP contribution < -0.4 is 5.32 Å². The minimum atomic E-state index is -0.926. The van der Waals surface area contributed by atoms with Crippen molar-refractivity contribution in [1.29, 1.82) is 0 Å². The van der Waals surface area contributed by atoms with E-state index in [0.717, 1.165) is 26.2 Å². The van der Waals surface area contributed by atoms with Crippen molar-refractivity contribution in [3.05, 3.63) is 17.7 Å². The molecule has 1 aliphatic heterocycles. The van der Waals surface area contributed by atoms with Gasteiger partial charge in [-0.25, -0.2) is 0 Å². The van der Waals surface area contributed by atoms with Crippen LogP contribution in [0.1, 0.15) is 18.6 Å². The highest BCUT2D eigenvalue weighted by atomic mass is 16.3. The van der Waals surface area contributed by atoms with Gasteiger partial charge in [0.25, 0.3) is 0 Å². The monoisotopic (exact) mass is 268 g/mol. The standard InChI is InChI=1S/C13H20N2O4/c1-8(15-6-4-14-5-7-15)11(17)9-2-3-10(16)13(19)12(9)18/h2-3,8,11,14,16-19H,4-7H2,1H3. The maximum absolute atomic E-state index is 10.3. The van der Waals surface area contributed by atoms with E-state index in [0.29, 0.717) is 0 Å². The van der Waals surface area contributed by atoms with Gasteiger partial charge in [0.2, 0.25) is 5.75 Å². The quantitative estimate of drug-likeness (QED) is 0.500. The van der Waals surface area contributed by atoms with Gasteiger partial charge < -0.3 is 25.7 Å². The number of piperazine rings is 1. The van der Waals surface area contributed by atoms with Crippen LogP contribution in [0, 0.1) is 0 Å². The lowest BCUT2D eigenvalue weighted by Crippen LogP contribution is -2.49. The van der Waals surface area contributed by atoms with Crippen molar-refractivity contribution in [2.45, 2.75) is 19.1 Å². The zero-order chi connectivity index (χ0) is 14.0. The largest absolute Gasteiger partial charge is 0.504 e. The van der Waals surface area contributed by atoms with Gasteiger partial charge in [0.15, 0.2) is 11.5 Å². The zero-order valence-electron chi connectivity index (χ0n) is 10.9. The number of nitrogens with zero attached hydrogens (tertiary/aromatic N) is 1. The van der Waals surface area contributed by atoms with E-state index in [1.54, 1.807) is 0 Å². The third-order valence-electron chi connectivity index (χ3n) is 3.66. The van der Waals surface area contributed by atoms with Crippen molar-refractivity contribution in [2.24, 2.45) is 0 Å². The van der Waals surface area contributed by atoms with Crippen molar-refractivity contribution in [2.75, 3.05) is 26.2 Å². The predicted molar refractivity (Wildman–Crippen MR) is 70.3 cm³/mol. The van der Waals surface area contributed by atoms with E-state index in [4.69, 9.17) is 0 Å². The molecule has 1 saturated heterocycles. The average molecular weight is 268 g/mol. The summed E-state index contributed by atoms with van der Waals surface area (Å²) in [5, 5.41) is 42.1. The zero-order valence-corrected chi connectivity index (χ0v) is 10.9. The fraction of sp³-hybridized carbons (Fsp3) is 0.538. The lowest BCUT2D eigenvalue weighted by atomic mass is 10.00. The Hall–Kier alpha value is -1.50. The van der Waals surface area contributed by atoms with Gasteiger partial charge in [0, 0.05) is 37.8 Å². The molecule has 0 amide bonds. The fourth-order valence-corrected chi connectivity index (χ4v) is 2.37. The molecule has 2 unspecified atom stereocenters. The highest BCUT2D eigenvalue weighted by Gasteiger charge is 2.27. The number of nitrogens with one attached hydrogen (secondary N) is 1. The van der Waals surface area contributed by atoms with Crippen LogP contribution in [0.4, 0.5) is 0 Å². The summed E-state index contributed by atoms with van der Waals surface area (Å²) in [6.45, 7) is 5.25. The summed E-state index contributed by atoms with van der Waals surface area (Å²) in [5.74, 6) is -1.46. The Bertz CT molecular complexity index is 447. The van der Waals surface area contributed by atoms with Crippen molar-refractivity contribution in [3.8, 4) is 17.2 Å². The molecule has 2 atom stereocenters. The van der Waals surface area contributed by atoms with Crippen LogP contribution in [-0.4, -0.2) is 57.5 Å². The first-order valence-corrected chi connectivity index (χ1v) is 6.39. The second-order valence-corrected chi connectivity index (χ2v) is 4.84. The number of hydrogen-bond acceptors (Lipinski definition) is 6. The van der Waals surface area contributed by atoms with Gasteiger partial charge in [-0.05, 0) is 19.1 Å². The number of benzene rings is 1. The van der Waals surface area contributed by atoms with E-state index < -0.39 is 23.4 Å². The Morgan fingerprint density at radius 1 is 1.11 bits per heavy atom. The Morgan fingerprint density at radius 3 is 2.37 bits per heavy atom. The van der Waals surface area contributed by atoms with E-state index in [-0.39, 0.29) is 11.6 Å². The summed E-state index contributed by atoms with van der Waals surface area (Å²) in [4.78, 5) is 2.12. The second-order valence-electron chi connectivity index (χ2n) is 4.84. The summed E-state index contributed by atoms with van der Waals surface area (Å²) in [6, 6.07) is 2.50. The van der Waals surface area contributed by atoms with Gasteiger partial charge in [-0.3, -0.25) is 4.90 Å². The molecule has 0 bridgehead atoms. The van der Waals surface area contributed by atoms with Crippen LogP contribution in [0.5, 0.6) is 17.2 Å².